The molecule has 15 heteroatoms. The van der Waals surface area contributed by atoms with Gasteiger partial charge in [0.25, 0.3) is 11.8 Å². The van der Waals surface area contributed by atoms with E-state index in [1.807, 2.05) is 13.4 Å². The Labute approximate surface area is 207 Å². The summed E-state index contributed by atoms with van der Waals surface area (Å²) >= 11 is 2.20. The first-order chi connectivity index (χ1) is 16.8. The van der Waals surface area contributed by atoms with E-state index in [1.165, 1.54) is 28.0 Å². The summed E-state index contributed by atoms with van der Waals surface area (Å²) in [5, 5.41) is 24.2. The summed E-state index contributed by atoms with van der Waals surface area (Å²) in [6.45, 7) is 0.379. The van der Waals surface area contributed by atoms with Gasteiger partial charge in [-0.3, -0.25) is 14.5 Å². The van der Waals surface area contributed by atoms with Crippen molar-refractivity contribution in [2.45, 2.75) is 43.6 Å². The second kappa shape index (κ2) is 8.96. The molecule has 184 valence electrons. The third kappa shape index (κ3) is 3.93. The number of nitrogens with one attached hydrogen (secondary N) is 1. The van der Waals surface area contributed by atoms with Crippen LogP contribution >= 0.6 is 23.3 Å². The number of nitrogens with zero attached hydrogens (tertiary/aromatic N) is 6. The highest BCUT2D eigenvalue weighted by Gasteiger charge is 2.54. The second-order valence-corrected chi connectivity index (χ2v) is 10.4. The van der Waals surface area contributed by atoms with Gasteiger partial charge in [-0.05, 0) is 12.8 Å². The summed E-state index contributed by atoms with van der Waals surface area (Å²) in [5.41, 5.74) is 8.09. The van der Waals surface area contributed by atoms with Crippen molar-refractivity contribution in [1.29, 1.82) is 0 Å². The highest BCUT2D eigenvalue weighted by atomic mass is 32.2. The van der Waals surface area contributed by atoms with Gasteiger partial charge in [0, 0.05) is 35.7 Å². The fourth-order valence-corrected chi connectivity index (χ4v) is 6.56. The molecule has 0 aromatic carbocycles. The highest BCUT2D eigenvalue weighted by molar-refractivity contribution is 8.00. The van der Waals surface area contributed by atoms with E-state index < -0.39 is 34.9 Å². The van der Waals surface area contributed by atoms with Crippen LogP contribution in [0, 0.1) is 0 Å². The number of oxime groups is 1. The molecule has 5 rings (SSSR count). The number of aryl methyl sites for hydroxylation is 1. The molecule has 5 N–H and O–H groups in total. The van der Waals surface area contributed by atoms with Crippen molar-refractivity contribution in [1.82, 2.24) is 24.1 Å². The summed E-state index contributed by atoms with van der Waals surface area (Å²) < 4.78 is 8.00. The number of carboxylic acids is 1. The number of carboxylic acid groups (broad SMARTS) is 1. The van der Waals surface area contributed by atoms with Crippen LogP contribution in [0.3, 0.4) is 0 Å². The van der Waals surface area contributed by atoms with E-state index in [0.29, 0.717) is 17.9 Å². The van der Waals surface area contributed by atoms with Crippen molar-refractivity contribution in [2.75, 3.05) is 11.5 Å². The molecule has 35 heavy (non-hydrogen) atoms. The van der Waals surface area contributed by atoms with Gasteiger partial charge in [-0.2, -0.15) is 9.36 Å². The first kappa shape index (κ1) is 23.3. The number of nitrogens with two attached hydrogens (primary N) is 1. The number of rotatable bonds is 6. The lowest BCUT2D eigenvalue weighted by Crippen LogP contribution is -2.71. The zero-order chi connectivity index (χ0) is 24.9. The molecule has 0 spiro atoms. The Morgan fingerprint density at radius 1 is 1.37 bits per heavy atom. The maximum Gasteiger partial charge on any atom is 0.352 e. The van der Waals surface area contributed by atoms with Crippen molar-refractivity contribution in [3.05, 3.63) is 34.8 Å². The van der Waals surface area contributed by atoms with Gasteiger partial charge in [0.05, 0.1) is 7.05 Å². The predicted molar refractivity (Wildman–Crippen MR) is 125 cm³/mol. The molecule has 2 aromatic heterocycles. The Morgan fingerprint density at radius 3 is 2.83 bits per heavy atom. The van der Waals surface area contributed by atoms with E-state index >= 15 is 0 Å². The van der Waals surface area contributed by atoms with Gasteiger partial charge < -0.3 is 21.4 Å². The van der Waals surface area contributed by atoms with Crippen LogP contribution in [0.2, 0.25) is 0 Å². The summed E-state index contributed by atoms with van der Waals surface area (Å²) in [6.07, 6.45) is 6.14. The van der Waals surface area contributed by atoms with Crippen molar-refractivity contribution >= 4 is 51.9 Å². The Morgan fingerprint density at radius 2 is 2.14 bits per heavy atom. The minimum absolute atomic E-state index is 0.0462. The van der Waals surface area contributed by atoms with E-state index in [4.69, 9.17) is 5.73 Å². The first-order valence-corrected chi connectivity index (χ1v) is 12.7. The van der Waals surface area contributed by atoms with Gasteiger partial charge in [-0.15, -0.1) is 11.8 Å². The number of imidazole rings is 1. The third-order valence-corrected chi connectivity index (χ3v) is 8.24. The minimum Gasteiger partial charge on any atom is -0.477 e. The minimum atomic E-state index is -1.19. The maximum atomic E-state index is 13.0. The van der Waals surface area contributed by atoms with E-state index in [9.17, 15) is 24.7 Å². The average Bonchev–Trinajstić information content (AvgIpc) is 3.40. The molecule has 2 atom stereocenters. The van der Waals surface area contributed by atoms with Crippen molar-refractivity contribution in [3.8, 4) is 0 Å². The molecule has 0 unspecified atom stereocenters. The van der Waals surface area contributed by atoms with Crippen molar-refractivity contribution < 1.29 is 29.3 Å². The molecule has 3 aliphatic rings. The molecule has 1 fully saturated rings. The molecule has 0 radical (unpaired) electrons. The molecule has 0 bridgehead atoms. The zero-order valence-electron chi connectivity index (χ0n) is 18.7. The van der Waals surface area contributed by atoms with Crippen LogP contribution in [-0.4, -0.2) is 69.8 Å². The molecule has 2 amide bonds. The Hall–Kier alpha value is -3.46. The van der Waals surface area contributed by atoms with E-state index in [0.717, 1.165) is 37.2 Å². The van der Waals surface area contributed by atoms with E-state index in [-0.39, 0.29) is 16.7 Å². The molecule has 2 aromatic rings. The third-order valence-electron chi connectivity index (χ3n) is 6.36. The number of fused-ring (bicyclic) bond motifs is 2. The van der Waals surface area contributed by atoms with Gasteiger partial charge in [0.2, 0.25) is 17.9 Å². The fraction of sp³-hybridized carbons (Fsp3) is 0.450. The maximum absolute atomic E-state index is 13.0. The Balaban J connectivity index is 1.36. The van der Waals surface area contributed by atoms with Gasteiger partial charge in [0.1, 0.15) is 35.0 Å². The predicted octanol–water partition coefficient (Wildman–Crippen LogP) is -0.758. The summed E-state index contributed by atoms with van der Waals surface area (Å²) in [4.78, 5) is 42.9. The number of thioether (sulfide) groups is 1. The van der Waals surface area contributed by atoms with Gasteiger partial charge in [0.15, 0.2) is 5.13 Å². The average molecular weight is 520 g/mol. The van der Waals surface area contributed by atoms with Crippen LogP contribution in [0.15, 0.2) is 22.8 Å². The van der Waals surface area contributed by atoms with Crippen LogP contribution in [0.25, 0.3) is 0 Å². The highest BCUT2D eigenvalue weighted by Crippen LogP contribution is 2.41. The number of nitrogen functional groups attached to an aromatic ring is 1. The zero-order valence-corrected chi connectivity index (χ0v) is 20.3. The van der Waals surface area contributed by atoms with Crippen LogP contribution in [0.5, 0.6) is 0 Å². The largest absolute Gasteiger partial charge is 0.477 e. The lowest BCUT2D eigenvalue weighted by Gasteiger charge is -2.49. The fourth-order valence-electron chi connectivity index (χ4n) is 4.79. The quantitative estimate of drug-likeness (QED) is 0.125. The smallest absolute Gasteiger partial charge is 0.352 e. The molecular weight excluding hydrogens is 496 g/mol. The number of β-lactam (4-membered cyclic amide) rings is 1. The van der Waals surface area contributed by atoms with Gasteiger partial charge in [-0.25, -0.2) is 13.9 Å². The molecule has 1 saturated heterocycles. The number of anilines is 1. The monoisotopic (exact) mass is 519 g/mol. The van der Waals surface area contributed by atoms with Crippen molar-refractivity contribution in [2.24, 2.45) is 12.2 Å². The molecule has 2 aliphatic heterocycles. The number of hydrogen-bond donors (Lipinski definition) is 4. The summed E-state index contributed by atoms with van der Waals surface area (Å²) in [5.74, 6) is -2.36. The van der Waals surface area contributed by atoms with Gasteiger partial charge in [-0.1, -0.05) is 5.16 Å². The standard InChI is InChI=1S/C20H22N8O5S2/c1-26-8-27(11-5-3-2-4-10(11)26)6-9-7-34-18-13(17(30)28(18)14(9)19(31)32)22-16(29)12(24-33)15-23-20(21)35-25-15/h8,13,18H,2-7H2,1H3,(H4-,21,22,23,25,29,31,32,33)/p+1/t13-,18-/m1/s1. The molecule has 0 saturated carbocycles. The molecule has 4 heterocycles. The summed E-state index contributed by atoms with van der Waals surface area (Å²) in [7, 11) is 1.99. The summed E-state index contributed by atoms with van der Waals surface area (Å²) in [6, 6.07) is -0.978. The number of carbonyl (C=O) groups excluding carboxylic acids is 2. The second-order valence-electron chi connectivity index (χ2n) is 8.48. The van der Waals surface area contributed by atoms with Gasteiger partial charge >= 0.3 is 5.97 Å². The normalized spacial score (nSPS) is 21.9. The van der Waals surface area contributed by atoms with E-state index in [2.05, 4.69) is 29.0 Å². The SMILES string of the molecule is C[n+]1cn(CC2=C(C(=O)O)N3C(=O)[C@@H](NC(=O)/C(=N\O)c4nsc(N)n4)[C@H]3SC2)c2c1CCCC2. The number of aliphatic carboxylic acids is 1. The molecule has 13 nitrogen and oxygen atoms in total. The van der Waals surface area contributed by atoms with Crippen LogP contribution in [0.4, 0.5) is 5.13 Å². The Kier molecular flexibility index (Phi) is 5.96. The molecular formula is C20H23N8O5S2+. The lowest BCUT2D eigenvalue weighted by atomic mass is 10.00. The van der Waals surface area contributed by atoms with Crippen LogP contribution in [-0.2, 0) is 40.8 Å². The van der Waals surface area contributed by atoms with Crippen LogP contribution < -0.4 is 15.6 Å². The first-order valence-electron chi connectivity index (χ1n) is 10.9. The topological polar surface area (TPSA) is 180 Å². The van der Waals surface area contributed by atoms with Crippen LogP contribution in [0.1, 0.15) is 30.1 Å². The number of hydrogen-bond acceptors (Lipinski definition) is 10. The lowest BCUT2D eigenvalue weighted by molar-refractivity contribution is -0.678. The number of carbonyl (C=O) groups is 3. The number of aromatic nitrogens is 4. The molecule has 1 aliphatic carbocycles. The van der Waals surface area contributed by atoms with Crippen molar-refractivity contribution in [3.63, 3.8) is 0 Å². The Bertz CT molecular complexity index is 1300. The number of amides is 2. The van der Waals surface area contributed by atoms with E-state index in [1.54, 1.807) is 0 Å².